The molecule has 0 bridgehead atoms. The van der Waals surface area contributed by atoms with Crippen molar-refractivity contribution in [2.45, 2.75) is 18.2 Å². The zero-order chi connectivity index (χ0) is 15.3. The van der Waals surface area contributed by atoms with Gasteiger partial charge in [0.05, 0.1) is 4.90 Å². The van der Waals surface area contributed by atoms with Crippen LogP contribution in [0.1, 0.15) is 13.3 Å². The molecular formula is C14H18N2O4S. The molecule has 0 aliphatic heterocycles. The second-order valence-electron chi connectivity index (χ2n) is 4.56. The highest BCUT2D eigenvalue weighted by molar-refractivity contribution is 7.89. The van der Waals surface area contributed by atoms with Gasteiger partial charge in [0.25, 0.3) is 0 Å². The van der Waals surface area contributed by atoms with Crippen LogP contribution in [0, 0.1) is 0 Å². The van der Waals surface area contributed by atoms with E-state index >= 15 is 0 Å². The molecule has 2 rings (SSSR count). The summed E-state index contributed by atoms with van der Waals surface area (Å²) >= 11 is 0. The molecule has 0 radical (unpaired) electrons. The highest BCUT2D eigenvalue weighted by atomic mass is 32.2. The zero-order valence-corrected chi connectivity index (χ0v) is 12.6. The molecule has 0 unspecified atom stereocenters. The van der Waals surface area contributed by atoms with E-state index in [2.05, 4.69) is 10.0 Å². The van der Waals surface area contributed by atoms with Crippen molar-refractivity contribution >= 4 is 21.0 Å². The fourth-order valence-electron chi connectivity index (χ4n) is 1.90. The molecule has 0 fully saturated rings. The van der Waals surface area contributed by atoms with Crippen molar-refractivity contribution in [3.63, 3.8) is 0 Å². The Morgan fingerprint density at radius 2 is 1.95 bits per heavy atom. The minimum Gasteiger partial charge on any atom is -0.423 e. The Morgan fingerprint density at radius 3 is 2.71 bits per heavy atom. The third-order valence-electron chi connectivity index (χ3n) is 2.97. The monoisotopic (exact) mass is 310 g/mol. The minimum absolute atomic E-state index is 0.160. The maximum Gasteiger partial charge on any atom is 0.336 e. The number of fused-ring (bicyclic) bond motifs is 1. The minimum atomic E-state index is -3.55. The molecule has 0 amide bonds. The summed E-state index contributed by atoms with van der Waals surface area (Å²) in [5, 5.41) is 3.70. The van der Waals surface area contributed by atoms with E-state index in [1.165, 1.54) is 24.3 Å². The second kappa shape index (κ2) is 6.84. The maximum atomic E-state index is 12.2. The third-order valence-corrected chi connectivity index (χ3v) is 4.43. The summed E-state index contributed by atoms with van der Waals surface area (Å²) in [5.41, 5.74) is -0.0896. The Morgan fingerprint density at radius 1 is 1.14 bits per heavy atom. The van der Waals surface area contributed by atoms with E-state index in [1.54, 1.807) is 6.07 Å². The second-order valence-corrected chi connectivity index (χ2v) is 6.33. The molecule has 7 heteroatoms. The van der Waals surface area contributed by atoms with Crippen LogP contribution >= 0.6 is 0 Å². The van der Waals surface area contributed by atoms with Gasteiger partial charge in [-0.2, -0.15) is 0 Å². The molecule has 0 atom stereocenters. The highest BCUT2D eigenvalue weighted by Crippen LogP contribution is 2.17. The Hall–Kier alpha value is -1.70. The van der Waals surface area contributed by atoms with Crippen molar-refractivity contribution in [3.05, 3.63) is 40.8 Å². The first-order chi connectivity index (χ1) is 10.0. The molecule has 0 aliphatic carbocycles. The molecule has 2 aromatic rings. The summed E-state index contributed by atoms with van der Waals surface area (Å²) in [7, 11) is -3.55. The zero-order valence-electron chi connectivity index (χ0n) is 11.8. The first-order valence-electron chi connectivity index (χ1n) is 6.77. The molecule has 114 valence electrons. The van der Waals surface area contributed by atoms with E-state index < -0.39 is 15.6 Å². The average Bonchev–Trinajstić information content (AvgIpc) is 2.46. The molecule has 21 heavy (non-hydrogen) atoms. The first kappa shape index (κ1) is 15.7. The largest absolute Gasteiger partial charge is 0.423 e. The van der Waals surface area contributed by atoms with Crippen LogP contribution in [0.2, 0.25) is 0 Å². The molecule has 0 saturated carbocycles. The fraction of sp³-hybridized carbons (Fsp3) is 0.357. The number of nitrogens with one attached hydrogen (secondary N) is 2. The number of benzene rings is 1. The van der Waals surface area contributed by atoms with Crippen LogP contribution in [-0.4, -0.2) is 28.1 Å². The van der Waals surface area contributed by atoms with Gasteiger partial charge in [-0.15, -0.1) is 0 Å². The predicted molar refractivity (Wildman–Crippen MR) is 80.8 cm³/mol. The maximum absolute atomic E-state index is 12.2. The van der Waals surface area contributed by atoms with Crippen LogP contribution in [0.25, 0.3) is 11.0 Å². The summed E-state index contributed by atoms with van der Waals surface area (Å²) in [4.78, 5) is 11.2. The highest BCUT2D eigenvalue weighted by Gasteiger charge is 2.14. The topological polar surface area (TPSA) is 88.4 Å². The lowest BCUT2D eigenvalue weighted by atomic mass is 10.2. The Balaban J connectivity index is 2.12. The van der Waals surface area contributed by atoms with E-state index in [-0.39, 0.29) is 4.90 Å². The van der Waals surface area contributed by atoms with Crippen LogP contribution in [-0.2, 0) is 10.0 Å². The molecule has 1 aromatic carbocycles. The van der Waals surface area contributed by atoms with Crippen molar-refractivity contribution < 1.29 is 12.8 Å². The van der Waals surface area contributed by atoms with Crippen LogP contribution in [0.4, 0.5) is 0 Å². The lowest BCUT2D eigenvalue weighted by molar-refractivity contribution is 0.560. The predicted octanol–water partition coefficient (Wildman–Crippen LogP) is 1.07. The lowest BCUT2D eigenvalue weighted by Crippen LogP contribution is -2.27. The number of sulfonamides is 1. The SMILES string of the molecule is CCNCCCNS(=O)(=O)c1ccc2oc(=O)ccc2c1. The molecule has 1 heterocycles. The van der Waals surface area contributed by atoms with Crippen molar-refractivity contribution in [3.8, 4) is 0 Å². The van der Waals surface area contributed by atoms with Gasteiger partial charge in [0, 0.05) is 18.0 Å². The van der Waals surface area contributed by atoms with Gasteiger partial charge in [-0.3, -0.25) is 0 Å². The Kier molecular flexibility index (Phi) is 5.11. The lowest BCUT2D eigenvalue weighted by Gasteiger charge is -2.07. The fourth-order valence-corrected chi connectivity index (χ4v) is 3.01. The average molecular weight is 310 g/mol. The number of rotatable bonds is 7. The normalized spacial score (nSPS) is 11.9. The summed E-state index contributed by atoms with van der Waals surface area (Å²) in [6, 6.07) is 7.22. The summed E-state index contributed by atoms with van der Waals surface area (Å²) in [5.74, 6) is 0. The Bertz CT molecular complexity index is 768. The van der Waals surface area contributed by atoms with Gasteiger partial charge >= 0.3 is 5.63 Å². The van der Waals surface area contributed by atoms with Crippen LogP contribution in [0.15, 0.2) is 44.4 Å². The molecule has 1 aromatic heterocycles. The van der Waals surface area contributed by atoms with E-state index in [1.807, 2.05) is 6.92 Å². The summed E-state index contributed by atoms with van der Waals surface area (Å²) in [6.07, 6.45) is 0.718. The molecule has 2 N–H and O–H groups in total. The van der Waals surface area contributed by atoms with E-state index in [9.17, 15) is 13.2 Å². The van der Waals surface area contributed by atoms with Gasteiger partial charge in [0.15, 0.2) is 0 Å². The smallest absolute Gasteiger partial charge is 0.336 e. The molecule has 0 aliphatic rings. The van der Waals surface area contributed by atoms with Gasteiger partial charge < -0.3 is 9.73 Å². The Labute approximate surface area is 123 Å². The van der Waals surface area contributed by atoms with Gasteiger partial charge in [0.1, 0.15) is 5.58 Å². The van der Waals surface area contributed by atoms with E-state index in [0.717, 1.165) is 19.5 Å². The quantitative estimate of drug-likeness (QED) is 0.590. The van der Waals surface area contributed by atoms with Crippen molar-refractivity contribution in [1.29, 1.82) is 0 Å². The molecule has 6 nitrogen and oxygen atoms in total. The van der Waals surface area contributed by atoms with Crippen LogP contribution in [0.5, 0.6) is 0 Å². The van der Waals surface area contributed by atoms with Gasteiger partial charge in [0.2, 0.25) is 10.0 Å². The van der Waals surface area contributed by atoms with Gasteiger partial charge in [-0.1, -0.05) is 6.92 Å². The molecule has 0 spiro atoms. The van der Waals surface area contributed by atoms with E-state index in [4.69, 9.17) is 4.42 Å². The molecular weight excluding hydrogens is 292 g/mol. The first-order valence-corrected chi connectivity index (χ1v) is 8.25. The summed E-state index contributed by atoms with van der Waals surface area (Å²) in [6.45, 7) is 4.00. The van der Waals surface area contributed by atoms with Crippen LogP contribution in [0.3, 0.4) is 0 Å². The standard InChI is InChI=1S/C14H18N2O4S/c1-2-15-8-3-9-16-21(18,19)12-5-6-13-11(10-12)4-7-14(17)20-13/h4-7,10,15-16H,2-3,8-9H2,1H3. The number of hydrogen-bond donors (Lipinski definition) is 2. The third kappa shape index (κ3) is 4.13. The van der Waals surface area contributed by atoms with Crippen molar-refractivity contribution in [2.75, 3.05) is 19.6 Å². The van der Waals surface area contributed by atoms with E-state index in [0.29, 0.717) is 17.5 Å². The van der Waals surface area contributed by atoms with Crippen molar-refractivity contribution in [2.24, 2.45) is 0 Å². The summed E-state index contributed by atoms with van der Waals surface area (Å²) < 4.78 is 31.8. The van der Waals surface area contributed by atoms with Crippen LogP contribution < -0.4 is 15.7 Å². The van der Waals surface area contributed by atoms with Gasteiger partial charge in [-0.25, -0.2) is 17.9 Å². The number of hydrogen-bond acceptors (Lipinski definition) is 5. The van der Waals surface area contributed by atoms with Crippen molar-refractivity contribution in [1.82, 2.24) is 10.0 Å². The molecule has 0 saturated heterocycles. The van der Waals surface area contributed by atoms with Gasteiger partial charge in [-0.05, 0) is 43.8 Å².